The van der Waals surface area contributed by atoms with Crippen molar-refractivity contribution in [3.8, 4) is 17.0 Å². The van der Waals surface area contributed by atoms with Crippen LogP contribution in [0.1, 0.15) is 19.3 Å². The van der Waals surface area contributed by atoms with E-state index in [4.69, 9.17) is 14.2 Å². The molecule has 2 aliphatic rings. The van der Waals surface area contributed by atoms with Gasteiger partial charge >= 0.3 is 0 Å². The van der Waals surface area contributed by atoms with E-state index in [0.717, 1.165) is 56.0 Å². The topological polar surface area (TPSA) is 72.9 Å². The molecule has 2 saturated heterocycles. The number of amides is 1. The van der Waals surface area contributed by atoms with Crippen LogP contribution in [0.25, 0.3) is 11.3 Å². The molecule has 1 aromatic heterocycles. The monoisotopic (exact) mass is 417 g/mol. The van der Waals surface area contributed by atoms with Crippen molar-refractivity contribution in [1.29, 1.82) is 0 Å². The number of benzene rings is 1. The molecule has 1 N–H and O–H groups in total. The number of anilines is 1. The smallest absolute Gasteiger partial charge is 0.240 e. The first-order chi connectivity index (χ1) is 14.1. The summed E-state index contributed by atoms with van der Waals surface area (Å²) in [5.74, 6) is 0.753. The minimum atomic E-state index is -0.268. The van der Waals surface area contributed by atoms with Crippen LogP contribution in [-0.2, 0) is 14.3 Å². The Morgan fingerprint density at radius 1 is 1.38 bits per heavy atom. The van der Waals surface area contributed by atoms with Crippen LogP contribution >= 0.6 is 11.3 Å². The van der Waals surface area contributed by atoms with Gasteiger partial charge in [0.05, 0.1) is 25.5 Å². The van der Waals surface area contributed by atoms with Crippen LogP contribution in [0.15, 0.2) is 29.6 Å². The third-order valence-corrected chi connectivity index (χ3v) is 6.47. The lowest BCUT2D eigenvalue weighted by molar-refractivity contribution is -0.146. The average Bonchev–Trinajstić information content (AvgIpc) is 3.38. The number of piperidine rings is 1. The molecule has 0 radical (unpaired) electrons. The van der Waals surface area contributed by atoms with Crippen LogP contribution in [0, 0.1) is 0 Å². The Hall–Kier alpha value is -2.00. The normalized spacial score (nSPS) is 24.7. The molecule has 0 unspecified atom stereocenters. The summed E-state index contributed by atoms with van der Waals surface area (Å²) in [4.78, 5) is 19.3. The van der Waals surface area contributed by atoms with Crippen molar-refractivity contribution in [2.75, 3.05) is 45.8 Å². The number of ether oxygens (including phenoxy) is 3. The molecule has 0 bridgehead atoms. The molecule has 7 nitrogen and oxygen atoms in total. The van der Waals surface area contributed by atoms with Gasteiger partial charge in [-0.15, -0.1) is 11.3 Å². The first kappa shape index (κ1) is 20.3. The maximum atomic E-state index is 12.6. The average molecular weight is 418 g/mol. The molecule has 1 aromatic carbocycles. The van der Waals surface area contributed by atoms with Gasteiger partial charge in [0.25, 0.3) is 0 Å². The fourth-order valence-corrected chi connectivity index (χ4v) is 5.01. The minimum Gasteiger partial charge on any atom is -0.497 e. The van der Waals surface area contributed by atoms with Gasteiger partial charge in [0, 0.05) is 37.7 Å². The molecule has 2 atom stereocenters. The Morgan fingerprint density at radius 2 is 2.21 bits per heavy atom. The number of hydrogen-bond acceptors (Lipinski definition) is 7. The van der Waals surface area contributed by atoms with Crippen molar-refractivity contribution < 1.29 is 19.0 Å². The third kappa shape index (κ3) is 4.45. The third-order valence-electron chi connectivity index (χ3n) is 5.71. The van der Waals surface area contributed by atoms with Gasteiger partial charge in [0.1, 0.15) is 11.4 Å². The summed E-state index contributed by atoms with van der Waals surface area (Å²) in [5, 5.41) is 5.49. The summed E-state index contributed by atoms with van der Waals surface area (Å²) in [6, 6.07) is 7.72. The molecule has 1 amide bonds. The Balaban J connectivity index is 1.34. The van der Waals surface area contributed by atoms with Gasteiger partial charge in [-0.2, -0.15) is 0 Å². The Morgan fingerprint density at radius 3 is 2.90 bits per heavy atom. The van der Waals surface area contributed by atoms with E-state index in [2.05, 4.69) is 15.2 Å². The van der Waals surface area contributed by atoms with E-state index in [1.165, 1.54) is 11.3 Å². The first-order valence-corrected chi connectivity index (χ1v) is 10.8. The number of methoxy groups -OCH3 is 2. The highest BCUT2D eigenvalue weighted by atomic mass is 32.1. The molecule has 3 heterocycles. The van der Waals surface area contributed by atoms with E-state index >= 15 is 0 Å². The van der Waals surface area contributed by atoms with Crippen molar-refractivity contribution in [2.24, 2.45) is 0 Å². The molecule has 156 valence electrons. The van der Waals surface area contributed by atoms with Gasteiger partial charge < -0.3 is 19.5 Å². The molecule has 1 spiro atoms. The molecule has 2 aromatic rings. The number of thiazole rings is 1. The molecule has 2 fully saturated rings. The predicted molar refractivity (Wildman–Crippen MR) is 113 cm³/mol. The molecule has 8 heteroatoms. The van der Waals surface area contributed by atoms with Gasteiger partial charge in [0.15, 0.2) is 5.13 Å². The highest BCUT2D eigenvalue weighted by molar-refractivity contribution is 7.14. The molecule has 4 rings (SSSR count). The summed E-state index contributed by atoms with van der Waals surface area (Å²) in [5.41, 5.74) is 1.56. The maximum absolute atomic E-state index is 12.6. The lowest BCUT2D eigenvalue weighted by Gasteiger charge is -2.44. The van der Waals surface area contributed by atoms with Crippen molar-refractivity contribution in [2.45, 2.75) is 31.0 Å². The van der Waals surface area contributed by atoms with Gasteiger partial charge in [-0.25, -0.2) is 4.98 Å². The van der Waals surface area contributed by atoms with Gasteiger partial charge in [-0.3, -0.25) is 9.69 Å². The van der Waals surface area contributed by atoms with Crippen molar-refractivity contribution in [3.05, 3.63) is 29.6 Å². The minimum absolute atomic E-state index is 0.0513. The zero-order valence-corrected chi connectivity index (χ0v) is 17.7. The van der Waals surface area contributed by atoms with Crippen LogP contribution in [0.2, 0.25) is 0 Å². The second kappa shape index (κ2) is 8.79. The van der Waals surface area contributed by atoms with Crippen LogP contribution in [0.5, 0.6) is 5.75 Å². The number of carbonyl (C=O) groups is 1. The quantitative estimate of drug-likeness (QED) is 0.779. The summed E-state index contributed by atoms with van der Waals surface area (Å²) >= 11 is 1.43. The van der Waals surface area contributed by atoms with E-state index < -0.39 is 0 Å². The summed E-state index contributed by atoms with van der Waals surface area (Å²) in [7, 11) is 3.39. The summed E-state index contributed by atoms with van der Waals surface area (Å²) in [6.45, 7) is 2.66. The Labute approximate surface area is 175 Å². The second-order valence-electron chi connectivity index (χ2n) is 7.56. The van der Waals surface area contributed by atoms with E-state index in [-0.39, 0.29) is 17.6 Å². The molecular formula is C21H27N3O4S. The number of hydrogen-bond donors (Lipinski definition) is 1. The first-order valence-electron chi connectivity index (χ1n) is 9.91. The fourth-order valence-electron chi connectivity index (χ4n) is 4.27. The number of rotatable bonds is 6. The van der Waals surface area contributed by atoms with Gasteiger partial charge in [-0.05, 0) is 43.5 Å². The van der Waals surface area contributed by atoms with Gasteiger partial charge in [-0.1, -0.05) is 0 Å². The number of carbonyl (C=O) groups excluding carboxylic acids is 1. The lowest BCUT2D eigenvalue weighted by atomic mass is 9.87. The van der Waals surface area contributed by atoms with Crippen molar-refractivity contribution in [1.82, 2.24) is 9.88 Å². The zero-order valence-electron chi connectivity index (χ0n) is 16.8. The SMILES string of the molecule is COc1ccc(-c2csc(NC(=O)CN3CC[C@@H](OC)[C@]4(CCCO4)C3)n2)cc1. The summed E-state index contributed by atoms with van der Waals surface area (Å²) < 4.78 is 16.9. The molecule has 0 saturated carbocycles. The Bertz CT molecular complexity index is 833. The zero-order chi connectivity index (χ0) is 20.3. The van der Waals surface area contributed by atoms with E-state index in [0.29, 0.717) is 11.7 Å². The molecule has 0 aliphatic carbocycles. The highest BCUT2D eigenvalue weighted by Crippen LogP contribution is 2.36. The van der Waals surface area contributed by atoms with Gasteiger partial charge in [0.2, 0.25) is 5.91 Å². The van der Waals surface area contributed by atoms with Crippen LogP contribution < -0.4 is 10.1 Å². The maximum Gasteiger partial charge on any atom is 0.240 e. The van der Waals surface area contributed by atoms with Crippen molar-refractivity contribution in [3.63, 3.8) is 0 Å². The molecule has 29 heavy (non-hydrogen) atoms. The lowest BCUT2D eigenvalue weighted by Crippen LogP contribution is -2.58. The molecule has 2 aliphatic heterocycles. The molecular weight excluding hydrogens is 390 g/mol. The number of aromatic nitrogens is 1. The van der Waals surface area contributed by atoms with Crippen LogP contribution in [0.3, 0.4) is 0 Å². The fraction of sp³-hybridized carbons (Fsp3) is 0.524. The Kier molecular flexibility index (Phi) is 6.15. The summed E-state index contributed by atoms with van der Waals surface area (Å²) in [6.07, 6.45) is 3.02. The number of likely N-dealkylation sites (tertiary alicyclic amines) is 1. The van der Waals surface area contributed by atoms with Crippen LogP contribution in [0.4, 0.5) is 5.13 Å². The highest BCUT2D eigenvalue weighted by Gasteiger charge is 2.47. The largest absolute Gasteiger partial charge is 0.497 e. The number of nitrogens with one attached hydrogen (secondary N) is 1. The van der Waals surface area contributed by atoms with Crippen molar-refractivity contribution >= 4 is 22.4 Å². The number of nitrogens with zero attached hydrogens (tertiary/aromatic N) is 2. The standard InChI is InChI=1S/C21H27N3O4S/c1-26-16-6-4-15(5-7-16)17-13-29-20(22-17)23-19(25)12-24-10-8-18(27-2)21(14-24)9-3-11-28-21/h4-7,13,18H,3,8-12,14H2,1-2H3,(H,22,23,25)/t18-,21+/m1/s1. The predicted octanol–water partition coefficient (Wildman–Crippen LogP) is 3.03. The van der Waals surface area contributed by atoms with E-state index in [1.54, 1.807) is 14.2 Å². The van der Waals surface area contributed by atoms with E-state index in [9.17, 15) is 4.79 Å². The second-order valence-corrected chi connectivity index (χ2v) is 8.41. The van der Waals surface area contributed by atoms with Crippen LogP contribution in [-0.4, -0.2) is 68.0 Å². The van der Waals surface area contributed by atoms with E-state index in [1.807, 2.05) is 29.6 Å².